The number of hydrogen-bond acceptors (Lipinski definition) is 2. The molecule has 0 radical (unpaired) electrons. The van der Waals surface area contributed by atoms with Crippen molar-refractivity contribution < 1.29 is 0 Å². The third-order valence-corrected chi connectivity index (χ3v) is 2.16. The molecule has 0 aliphatic heterocycles. The van der Waals surface area contributed by atoms with Crippen LogP contribution in [0.4, 0.5) is 0 Å². The standard InChI is InChI=1S/C9H8BrN3/c10-9-6-8(13(11)12-9)7-4-2-1-3-5-7/h1-6H,11H2. The SMILES string of the molecule is Nn1nc(Br)cc1-c1ccccc1. The van der Waals surface area contributed by atoms with E-state index in [0.29, 0.717) is 0 Å². The normalized spacial score (nSPS) is 10.2. The van der Waals surface area contributed by atoms with Crippen molar-refractivity contribution in [3.05, 3.63) is 41.0 Å². The maximum atomic E-state index is 5.65. The van der Waals surface area contributed by atoms with Gasteiger partial charge in [-0.05, 0) is 15.9 Å². The molecule has 13 heavy (non-hydrogen) atoms. The monoisotopic (exact) mass is 237 g/mol. The Labute approximate surface area is 84.3 Å². The molecule has 2 aromatic rings. The predicted molar refractivity (Wildman–Crippen MR) is 55.5 cm³/mol. The van der Waals surface area contributed by atoms with E-state index in [2.05, 4.69) is 21.0 Å². The molecular weight excluding hydrogens is 230 g/mol. The summed E-state index contributed by atoms with van der Waals surface area (Å²) in [6.45, 7) is 0. The number of halogens is 1. The molecule has 0 aliphatic rings. The Hall–Kier alpha value is -1.29. The van der Waals surface area contributed by atoms with E-state index in [-0.39, 0.29) is 0 Å². The van der Waals surface area contributed by atoms with Crippen molar-refractivity contribution in [1.29, 1.82) is 0 Å². The summed E-state index contributed by atoms with van der Waals surface area (Å²) in [6, 6.07) is 11.8. The number of aromatic nitrogens is 2. The molecule has 4 heteroatoms. The lowest BCUT2D eigenvalue weighted by atomic mass is 10.2. The molecule has 0 aliphatic carbocycles. The first-order chi connectivity index (χ1) is 6.27. The Morgan fingerprint density at radius 3 is 2.46 bits per heavy atom. The van der Waals surface area contributed by atoms with Gasteiger partial charge in [-0.25, -0.2) is 0 Å². The third-order valence-electron chi connectivity index (χ3n) is 1.78. The summed E-state index contributed by atoms with van der Waals surface area (Å²) < 4.78 is 0.744. The summed E-state index contributed by atoms with van der Waals surface area (Å²) in [4.78, 5) is 1.36. The lowest BCUT2D eigenvalue weighted by Crippen LogP contribution is -2.11. The van der Waals surface area contributed by atoms with Crippen LogP contribution in [0.25, 0.3) is 11.3 Å². The van der Waals surface area contributed by atoms with Crippen LogP contribution in [0.3, 0.4) is 0 Å². The minimum absolute atomic E-state index is 0.744. The quantitative estimate of drug-likeness (QED) is 0.772. The van der Waals surface area contributed by atoms with E-state index < -0.39 is 0 Å². The van der Waals surface area contributed by atoms with Crippen LogP contribution >= 0.6 is 15.9 Å². The van der Waals surface area contributed by atoms with Gasteiger partial charge in [-0.2, -0.15) is 4.79 Å². The number of nitrogens with two attached hydrogens (primary N) is 1. The van der Waals surface area contributed by atoms with Gasteiger partial charge in [0.2, 0.25) is 0 Å². The third kappa shape index (κ3) is 1.58. The molecule has 0 bridgehead atoms. The molecule has 3 nitrogen and oxygen atoms in total. The van der Waals surface area contributed by atoms with Gasteiger partial charge in [-0.15, -0.1) is 5.10 Å². The summed E-state index contributed by atoms with van der Waals surface area (Å²) in [5.41, 5.74) is 1.95. The highest BCUT2D eigenvalue weighted by molar-refractivity contribution is 9.10. The molecule has 66 valence electrons. The van der Waals surface area contributed by atoms with Gasteiger partial charge in [0, 0.05) is 11.6 Å². The Balaban J connectivity index is 2.53. The molecular formula is C9H8BrN3. The van der Waals surface area contributed by atoms with Crippen LogP contribution in [-0.2, 0) is 0 Å². The molecule has 1 heterocycles. The van der Waals surface area contributed by atoms with Gasteiger partial charge in [0.05, 0.1) is 5.69 Å². The number of nitrogen functional groups attached to an aromatic ring is 1. The maximum Gasteiger partial charge on any atom is 0.130 e. The molecule has 0 fully saturated rings. The van der Waals surface area contributed by atoms with Gasteiger partial charge < -0.3 is 5.84 Å². The highest BCUT2D eigenvalue weighted by Crippen LogP contribution is 2.20. The summed E-state index contributed by atoms with van der Waals surface area (Å²) in [7, 11) is 0. The molecule has 1 aromatic heterocycles. The Morgan fingerprint density at radius 2 is 1.92 bits per heavy atom. The fourth-order valence-corrected chi connectivity index (χ4v) is 1.58. The van der Waals surface area contributed by atoms with Gasteiger partial charge in [-0.3, -0.25) is 0 Å². The zero-order chi connectivity index (χ0) is 9.26. The number of hydrogen-bond donors (Lipinski definition) is 1. The van der Waals surface area contributed by atoms with E-state index in [1.165, 1.54) is 4.79 Å². The minimum atomic E-state index is 0.744. The van der Waals surface area contributed by atoms with Crippen molar-refractivity contribution in [2.24, 2.45) is 0 Å². The number of rotatable bonds is 1. The van der Waals surface area contributed by atoms with Crippen LogP contribution in [0.15, 0.2) is 41.0 Å². The zero-order valence-corrected chi connectivity index (χ0v) is 8.40. The smallest absolute Gasteiger partial charge is 0.130 e. The Bertz CT molecular complexity index is 408. The van der Waals surface area contributed by atoms with Gasteiger partial charge >= 0.3 is 0 Å². The van der Waals surface area contributed by atoms with Crippen molar-refractivity contribution >= 4 is 15.9 Å². The highest BCUT2D eigenvalue weighted by atomic mass is 79.9. The second kappa shape index (κ2) is 3.22. The first kappa shape index (κ1) is 8.31. The van der Waals surface area contributed by atoms with Crippen molar-refractivity contribution in [2.45, 2.75) is 0 Å². The lowest BCUT2D eigenvalue weighted by Gasteiger charge is -1.99. The molecule has 0 saturated heterocycles. The molecule has 0 atom stereocenters. The average molecular weight is 238 g/mol. The predicted octanol–water partition coefficient (Wildman–Crippen LogP) is 2.03. The van der Waals surface area contributed by atoms with Gasteiger partial charge in [-0.1, -0.05) is 30.3 Å². The molecule has 0 amide bonds. The molecule has 0 spiro atoms. The fraction of sp³-hybridized carbons (Fsp3) is 0. The van der Waals surface area contributed by atoms with E-state index in [1.807, 2.05) is 36.4 Å². The van der Waals surface area contributed by atoms with Crippen molar-refractivity contribution in [3.63, 3.8) is 0 Å². The zero-order valence-electron chi connectivity index (χ0n) is 6.81. The average Bonchev–Trinajstić information content (AvgIpc) is 2.47. The maximum absolute atomic E-state index is 5.65. The Kier molecular flexibility index (Phi) is 2.06. The van der Waals surface area contributed by atoms with Gasteiger partial charge in [0.25, 0.3) is 0 Å². The van der Waals surface area contributed by atoms with Crippen LogP contribution in [0, 0.1) is 0 Å². The minimum Gasteiger partial charge on any atom is -0.323 e. The van der Waals surface area contributed by atoms with Crippen molar-refractivity contribution in [3.8, 4) is 11.3 Å². The molecule has 2 rings (SSSR count). The largest absolute Gasteiger partial charge is 0.323 e. The van der Waals surface area contributed by atoms with Crippen molar-refractivity contribution in [2.75, 3.05) is 5.84 Å². The lowest BCUT2D eigenvalue weighted by molar-refractivity contribution is 0.831. The van der Waals surface area contributed by atoms with Crippen molar-refractivity contribution in [1.82, 2.24) is 9.89 Å². The first-order valence-corrected chi connectivity index (χ1v) is 4.63. The van der Waals surface area contributed by atoms with Crippen LogP contribution < -0.4 is 5.84 Å². The van der Waals surface area contributed by atoms with E-state index in [0.717, 1.165) is 15.9 Å². The summed E-state index contributed by atoms with van der Waals surface area (Å²) in [5, 5.41) is 4.00. The second-order valence-electron chi connectivity index (χ2n) is 2.66. The summed E-state index contributed by atoms with van der Waals surface area (Å²) in [6.07, 6.45) is 0. The van der Waals surface area contributed by atoms with Crippen LogP contribution in [-0.4, -0.2) is 9.89 Å². The van der Waals surface area contributed by atoms with Gasteiger partial charge in [0.15, 0.2) is 0 Å². The van der Waals surface area contributed by atoms with Gasteiger partial charge in [0.1, 0.15) is 4.60 Å². The topological polar surface area (TPSA) is 43.8 Å². The number of benzene rings is 1. The molecule has 0 saturated carbocycles. The molecule has 0 unspecified atom stereocenters. The fourth-order valence-electron chi connectivity index (χ4n) is 1.19. The van der Waals surface area contributed by atoms with E-state index in [9.17, 15) is 0 Å². The Morgan fingerprint density at radius 1 is 1.23 bits per heavy atom. The van der Waals surface area contributed by atoms with E-state index in [1.54, 1.807) is 0 Å². The van der Waals surface area contributed by atoms with E-state index >= 15 is 0 Å². The second-order valence-corrected chi connectivity index (χ2v) is 3.48. The molecule has 2 N–H and O–H groups in total. The summed E-state index contributed by atoms with van der Waals surface area (Å²) in [5.74, 6) is 5.65. The first-order valence-electron chi connectivity index (χ1n) is 3.83. The van der Waals surface area contributed by atoms with Crippen LogP contribution in [0.1, 0.15) is 0 Å². The number of nitrogens with zero attached hydrogens (tertiary/aromatic N) is 2. The van der Waals surface area contributed by atoms with Crippen LogP contribution in [0.2, 0.25) is 0 Å². The van der Waals surface area contributed by atoms with E-state index in [4.69, 9.17) is 5.84 Å². The summed E-state index contributed by atoms with van der Waals surface area (Å²) >= 11 is 3.27. The van der Waals surface area contributed by atoms with Crippen LogP contribution in [0.5, 0.6) is 0 Å². The highest BCUT2D eigenvalue weighted by Gasteiger charge is 2.04. The molecule has 1 aromatic carbocycles.